The van der Waals surface area contributed by atoms with Gasteiger partial charge in [0, 0.05) is 38.3 Å². The number of nitrogens with zero attached hydrogens (tertiary/aromatic N) is 4. The minimum Gasteiger partial charge on any atom is -0.354 e. The maximum absolute atomic E-state index is 12.3. The van der Waals surface area contributed by atoms with Crippen LogP contribution in [0.3, 0.4) is 0 Å². The first-order chi connectivity index (χ1) is 13.1. The molecule has 0 aromatic heterocycles. The number of hydrogen-bond donors (Lipinski definition) is 0. The first-order valence-corrected chi connectivity index (χ1v) is 10.4. The van der Waals surface area contributed by atoms with Gasteiger partial charge in [0.05, 0.1) is 11.6 Å². The van der Waals surface area contributed by atoms with Crippen LogP contribution in [0.5, 0.6) is 0 Å². The highest BCUT2D eigenvalue weighted by Crippen LogP contribution is 2.28. The number of fused-ring (bicyclic) bond motifs is 1. The van der Waals surface area contributed by atoms with Crippen molar-refractivity contribution in [3.8, 4) is 6.07 Å². The summed E-state index contributed by atoms with van der Waals surface area (Å²) in [7, 11) is -3.58. The van der Waals surface area contributed by atoms with E-state index in [0.717, 1.165) is 39.1 Å². The highest BCUT2D eigenvalue weighted by Gasteiger charge is 2.32. The van der Waals surface area contributed by atoms with Crippen molar-refractivity contribution in [1.29, 1.82) is 5.26 Å². The summed E-state index contributed by atoms with van der Waals surface area (Å²) in [6.45, 7) is 4.12. The van der Waals surface area contributed by atoms with Crippen LogP contribution in [-0.2, 0) is 16.6 Å². The molecule has 2 aliphatic heterocycles. The molecule has 0 bridgehead atoms. The molecule has 4 rings (SSSR count). The van der Waals surface area contributed by atoms with E-state index in [0.29, 0.717) is 21.9 Å². The molecular formula is C20H20N4O2S. The second kappa shape index (κ2) is 7.14. The number of rotatable bonds is 2. The number of benzene rings is 2. The first-order valence-electron chi connectivity index (χ1n) is 8.97. The zero-order chi connectivity index (χ0) is 18.9. The predicted molar refractivity (Wildman–Crippen MR) is 103 cm³/mol. The third kappa shape index (κ3) is 3.59. The largest absolute Gasteiger partial charge is 0.354 e. The third-order valence-electron chi connectivity index (χ3n) is 4.99. The fourth-order valence-electron chi connectivity index (χ4n) is 3.60. The molecule has 0 atom stereocenters. The molecule has 2 aromatic rings. The molecule has 2 aliphatic rings. The quantitative estimate of drug-likeness (QED) is 0.798. The van der Waals surface area contributed by atoms with Crippen molar-refractivity contribution in [3.05, 3.63) is 65.2 Å². The van der Waals surface area contributed by atoms with Gasteiger partial charge in [-0.2, -0.15) is 13.7 Å². The lowest BCUT2D eigenvalue weighted by molar-refractivity contribution is 0.278. The highest BCUT2D eigenvalue weighted by atomic mass is 32.2. The van der Waals surface area contributed by atoms with Crippen LogP contribution in [0.25, 0.3) is 0 Å². The van der Waals surface area contributed by atoms with E-state index < -0.39 is 10.0 Å². The van der Waals surface area contributed by atoms with Crippen LogP contribution >= 0.6 is 0 Å². The molecule has 7 heteroatoms. The molecule has 1 fully saturated rings. The van der Waals surface area contributed by atoms with E-state index in [-0.39, 0.29) is 0 Å². The Kier molecular flexibility index (Phi) is 4.68. The fourth-order valence-corrected chi connectivity index (χ4v) is 4.83. The van der Waals surface area contributed by atoms with Gasteiger partial charge in [0.2, 0.25) is 0 Å². The first kappa shape index (κ1) is 17.7. The van der Waals surface area contributed by atoms with E-state index in [1.165, 1.54) is 5.56 Å². The second-order valence-electron chi connectivity index (χ2n) is 6.81. The van der Waals surface area contributed by atoms with Gasteiger partial charge in [0.15, 0.2) is 5.84 Å². The number of nitriles is 1. The number of sulfonamides is 1. The molecule has 1 saturated heterocycles. The van der Waals surface area contributed by atoms with Gasteiger partial charge in [0.1, 0.15) is 4.90 Å². The Morgan fingerprint density at radius 2 is 1.78 bits per heavy atom. The summed E-state index contributed by atoms with van der Waals surface area (Å²) in [5.74, 6) is 0.575. The molecule has 6 nitrogen and oxygen atoms in total. The maximum atomic E-state index is 12.3. The monoisotopic (exact) mass is 380 g/mol. The fraction of sp³-hybridized carbons (Fsp3) is 0.300. The van der Waals surface area contributed by atoms with Gasteiger partial charge in [-0.3, -0.25) is 4.90 Å². The summed E-state index contributed by atoms with van der Waals surface area (Å²) >= 11 is 0. The Morgan fingerprint density at radius 1 is 1.00 bits per heavy atom. The van der Waals surface area contributed by atoms with Gasteiger partial charge in [-0.05, 0) is 36.2 Å². The van der Waals surface area contributed by atoms with Crippen molar-refractivity contribution in [2.75, 3.05) is 26.2 Å². The van der Waals surface area contributed by atoms with Crippen LogP contribution in [0.4, 0.5) is 0 Å². The van der Waals surface area contributed by atoms with Gasteiger partial charge >= 0.3 is 0 Å². The molecule has 138 valence electrons. The van der Waals surface area contributed by atoms with Crippen molar-refractivity contribution in [2.45, 2.75) is 17.9 Å². The lowest BCUT2D eigenvalue weighted by atomic mass is 10.1. The molecule has 2 heterocycles. The third-order valence-corrected chi connectivity index (χ3v) is 6.31. The van der Waals surface area contributed by atoms with Crippen molar-refractivity contribution in [2.24, 2.45) is 4.40 Å². The van der Waals surface area contributed by atoms with E-state index in [1.807, 2.05) is 36.4 Å². The van der Waals surface area contributed by atoms with Crippen molar-refractivity contribution in [3.63, 3.8) is 0 Å². The molecule has 0 spiro atoms. The van der Waals surface area contributed by atoms with Crippen LogP contribution in [0.15, 0.2) is 57.8 Å². The molecular weight excluding hydrogens is 360 g/mol. The smallest absolute Gasteiger partial charge is 0.285 e. The molecule has 0 radical (unpaired) electrons. The van der Waals surface area contributed by atoms with E-state index in [2.05, 4.69) is 20.3 Å². The molecule has 0 unspecified atom stereocenters. The summed E-state index contributed by atoms with van der Waals surface area (Å²) in [6, 6.07) is 16.8. The summed E-state index contributed by atoms with van der Waals surface area (Å²) in [6.07, 6.45) is 0.942. The predicted octanol–water partition coefficient (Wildman–Crippen LogP) is 2.22. The minimum atomic E-state index is -3.58. The van der Waals surface area contributed by atoms with Gasteiger partial charge < -0.3 is 4.90 Å². The van der Waals surface area contributed by atoms with Crippen molar-refractivity contribution < 1.29 is 8.42 Å². The molecule has 0 amide bonds. The summed E-state index contributed by atoms with van der Waals surface area (Å²) < 4.78 is 28.7. The van der Waals surface area contributed by atoms with Crippen LogP contribution in [-0.4, -0.2) is 50.2 Å². The van der Waals surface area contributed by atoms with Crippen LogP contribution in [0.1, 0.15) is 23.1 Å². The zero-order valence-electron chi connectivity index (χ0n) is 14.9. The minimum absolute atomic E-state index is 0.304. The Morgan fingerprint density at radius 3 is 2.56 bits per heavy atom. The average Bonchev–Trinajstić information content (AvgIpc) is 2.82. The van der Waals surface area contributed by atoms with Crippen molar-refractivity contribution >= 4 is 15.9 Å². The number of amidine groups is 1. The standard InChI is InChI=1S/C20H20N4O2S/c21-14-16-6-8-17(9-7-16)15-23-10-3-11-24(13-12-23)20-18-4-1-2-5-19(18)27(25,26)22-20/h1-2,4-9H,3,10-13,15H2. The topological polar surface area (TPSA) is 76.8 Å². The second-order valence-corrected chi connectivity index (χ2v) is 8.38. The Hall–Kier alpha value is -2.69. The molecule has 0 aliphatic carbocycles. The van der Waals surface area contributed by atoms with Gasteiger partial charge in [-0.1, -0.05) is 24.3 Å². The van der Waals surface area contributed by atoms with Crippen LogP contribution < -0.4 is 0 Å². The molecule has 0 saturated carbocycles. The van der Waals surface area contributed by atoms with Crippen LogP contribution in [0.2, 0.25) is 0 Å². The lowest BCUT2D eigenvalue weighted by Gasteiger charge is -2.23. The van der Waals surface area contributed by atoms with Crippen molar-refractivity contribution in [1.82, 2.24) is 9.80 Å². The molecule has 0 N–H and O–H groups in total. The van der Waals surface area contributed by atoms with E-state index in [9.17, 15) is 8.42 Å². The van der Waals surface area contributed by atoms with Crippen LogP contribution in [0, 0.1) is 11.3 Å². The lowest BCUT2D eigenvalue weighted by Crippen LogP contribution is -2.35. The highest BCUT2D eigenvalue weighted by molar-refractivity contribution is 7.90. The molecule has 27 heavy (non-hydrogen) atoms. The maximum Gasteiger partial charge on any atom is 0.285 e. The van der Waals surface area contributed by atoms with E-state index in [4.69, 9.17) is 5.26 Å². The zero-order valence-corrected chi connectivity index (χ0v) is 15.7. The summed E-state index contributed by atoms with van der Waals surface area (Å²) in [4.78, 5) is 4.75. The Labute approximate surface area is 159 Å². The van der Waals surface area contributed by atoms with Gasteiger partial charge in [0.25, 0.3) is 10.0 Å². The van der Waals surface area contributed by atoms with Gasteiger partial charge in [-0.15, -0.1) is 4.40 Å². The Balaban J connectivity index is 1.47. The number of hydrogen-bond acceptors (Lipinski definition) is 5. The SMILES string of the molecule is N#Cc1ccc(CN2CCCN(C3=NS(=O)(=O)c4ccccc43)CC2)cc1. The molecule has 2 aromatic carbocycles. The van der Waals surface area contributed by atoms with E-state index in [1.54, 1.807) is 12.1 Å². The van der Waals surface area contributed by atoms with Gasteiger partial charge in [-0.25, -0.2) is 0 Å². The summed E-state index contributed by atoms with van der Waals surface area (Å²) in [5.41, 5.74) is 2.55. The normalized spacial score (nSPS) is 19.1. The average molecular weight is 380 g/mol. The Bertz CT molecular complexity index is 1020. The summed E-state index contributed by atoms with van der Waals surface area (Å²) in [5, 5.41) is 8.91. The van der Waals surface area contributed by atoms with E-state index >= 15 is 0 Å².